The van der Waals surface area contributed by atoms with E-state index in [4.69, 9.17) is 0 Å². The topological polar surface area (TPSA) is 86.8 Å². The number of carbonyl (C=O) groups is 2. The first-order valence-electron chi connectivity index (χ1n) is 11.7. The fourth-order valence-electron chi connectivity index (χ4n) is 3.74. The third-order valence-electron chi connectivity index (χ3n) is 5.65. The van der Waals surface area contributed by atoms with Crippen molar-refractivity contribution in [2.75, 3.05) is 17.1 Å². The van der Waals surface area contributed by atoms with Crippen LogP contribution in [-0.2, 0) is 26.2 Å². The van der Waals surface area contributed by atoms with Gasteiger partial charge >= 0.3 is 0 Å². The lowest BCUT2D eigenvalue weighted by atomic mass is 10.1. The van der Waals surface area contributed by atoms with Crippen LogP contribution in [0.3, 0.4) is 0 Å². The number of carbonyl (C=O) groups excluding carboxylic acids is 2. The molecule has 0 heterocycles. The van der Waals surface area contributed by atoms with E-state index in [9.17, 15) is 18.0 Å². The van der Waals surface area contributed by atoms with Crippen molar-refractivity contribution in [3.05, 3.63) is 63.6 Å². The highest BCUT2D eigenvalue weighted by Crippen LogP contribution is 2.25. The molecule has 2 amide bonds. The molecule has 0 aromatic heterocycles. The number of hydrogen-bond donors (Lipinski definition) is 1. The smallest absolute Gasteiger partial charge is 0.242 e. The first-order chi connectivity index (χ1) is 16.3. The molecule has 0 saturated heterocycles. The van der Waals surface area contributed by atoms with Crippen molar-refractivity contribution in [2.45, 2.75) is 66.1 Å². The molecule has 192 valence electrons. The predicted molar refractivity (Wildman–Crippen MR) is 145 cm³/mol. The molecule has 35 heavy (non-hydrogen) atoms. The number of hydrogen-bond acceptors (Lipinski definition) is 4. The molecule has 0 aliphatic heterocycles. The van der Waals surface area contributed by atoms with Crippen LogP contribution in [0.15, 0.2) is 46.9 Å². The monoisotopic (exact) mass is 565 g/mol. The normalized spacial score (nSPS) is 12.3. The Hall–Kier alpha value is -2.39. The van der Waals surface area contributed by atoms with Crippen molar-refractivity contribution in [1.82, 2.24) is 10.2 Å². The Balaban J connectivity index is 2.20. The Morgan fingerprint density at radius 2 is 1.66 bits per heavy atom. The second-order valence-electron chi connectivity index (χ2n) is 9.22. The standard InChI is InChI=1S/C26H36BrN3O4S/c1-18(2)28-26(32)21(5)29(17-22-11-13-23(27)14-12-22)25(31)8-7-15-30(35(6,33)34)24-16-19(3)9-10-20(24)4/h9-14,16,18,21H,7-8,15,17H2,1-6H3,(H,28,32)/t21-/m0/s1. The van der Waals surface area contributed by atoms with Gasteiger partial charge in [-0.3, -0.25) is 13.9 Å². The van der Waals surface area contributed by atoms with E-state index in [2.05, 4.69) is 21.2 Å². The van der Waals surface area contributed by atoms with Gasteiger partial charge in [-0.2, -0.15) is 0 Å². The van der Waals surface area contributed by atoms with Crippen molar-refractivity contribution >= 4 is 43.5 Å². The van der Waals surface area contributed by atoms with E-state index in [-0.39, 0.29) is 37.4 Å². The van der Waals surface area contributed by atoms with Crippen LogP contribution in [0.5, 0.6) is 0 Å². The first-order valence-corrected chi connectivity index (χ1v) is 14.3. The summed E-state index contributed by atoms with van der Waals surface area (Å²) in [5.41, 5.74) is 3.33. The van der Waals surface area contributed by atoms with Crippen LogP contribution in [0.25, 0.3) is 0 Å². The average molecular weight is 567 g/mol. The molecule has 2 rings (SSSR count). The minimum atomic E-state index is -3.53. The summed E-state index contributed by atoms with van der Waals surface area (Å²) in [4.78, 5) is 27.6. The second-order valence-corrected chi connectivity index (χ2v) is 12.0. The number of nitrogens with one attached hydrogen (secondary N) is 1. The largest absolute Gasteiger partial charge is 0.352 e. The SMILES string of the molecule is Cc1ccc(C)c(N(CCCC(=O)N(Cc2ccc(Br)cc2)[C@@H](C)C(=O)NC(C)C)S(C)(=O)=O)c1. The lowest BCUT2D eigenvalue weighted by Crippen LogP contribution is -2.49. The van der Waals surface area contributed by atoms with Crippen LogP contribution in [0.1, 0.15) is 50.3 Å². The quantitative estimate of drug-likeness (QED) is 0.433. The van der Waals surface area contributed by atoms with Gasteiger partial charge in [-0.25, -0.2) is 8.42 Å². The maximum atomic E-state index is 13.3. The number of benzene rings is 2. The summed E-state index contributed by atoms with van der Waals surface area (Å²) in [6.07, 6.45) is 1.62. The molecule has 0 saturated carbocycles. The van der Waals surface area contributed by atoms with Crippen molar-refractivity contribution < 1.29 is 18.0 Å². The van der Waals surface area contributed by atoms with Gasteiger partial charge in [0.15, 0.2) is 0 Å². The maximum absolute atomic E-state index is 13.3. The number of sulfonamides is 1. The highest BCUT2D eigenvalue weighted by Gasteiger charge is 2.27. The van der Waals surface area contributed by atoms with Gasteiger partial charge in [-0.1, -0.05) is 40.2 Å². The highest BCUT2D eigenvalue weighted by molar-refractivity contribution is 9.10. The van der Waals surface area contributed by atoms with Gasteiger partial charge in [0.1, 0.15) is 6.04 Å². The third kappa shape index (κ3) is 8.65. The molecule has 2 aromatic carbocycles. The van der Waals surface area contributed by atoms with E-state index in [0.717, 1.165) is 21.2 Å². The van der Waals surface area contributed by atoms with Crippen molar-refractivity contribution in [3.63, 3.8) is 0 Å². The predicted octanol–water partition coefficient (Wildman–Crippen LogP) is 4.55. The zero-order valence-electron chi connectivity index (χ0n) is 21.3. The van der Waals surface area contributed by atoms with E-state index >= 15 is 0 Å². The molecule has 0 bridgehead atoms. The Morgan fingerprint density at radius 3 is 2.23 bits per heavy atom. The molecule has 0 unspecified atom stereocenters. The Morgan fingerprint density at radius 1 is 1.03 bits per heavy atom. The maximum Gasteiger partial charge on any atom is 0.242 e. The van der Waals surface area contributed by atoms with Crippen LogP contribution < -0.4 is 9.62 Å². The third-order valence-corrected chi connectivity index (χ3v) is 7.36. The van der Waals surface area contributed by atoms with E-state index in [1.165, 1.54) is 10.6 Å². The molecule has 0 aliphatic rings. The Kier molecular flexibility index (Phi) is 10.3. The molecule has 0 radical (unpaired) electrons. The van der Waals surface area contributed by atoms with Gasteiger partial charge in [-0.15, -0.1) is 0 Å². The summed E-state index contributed by atoms with van der Waals surface area (Å²) < 4.78 is 27.4. The molecular weight excluding hydrogens is 530 g/mol. The van der Waals surface area contributed by atoms with Crippen LogP contribution in [-0.4, -0.2) is 50.0 Å². The molecule has 9 heteroatoms. The van der Waals surface area contributed by atoms with Gasteiger partial charge < -0.3 is 10.2 Å². The number of aryl methyl sites for hydroxylation is 2. The number of halogens is 1. The molecule has 1 atom stereocenters. The fraction of sp³-hybridized carbons (Fsp3) is 0.462. The minimum absolute atomic E-state index is 0.0459. The van der Waals surface area contributed by atoms with Gasteiger partial charge in [0.2, 0.25) is 21.8 Å². The molecule has 0 aliphatic carbocycles. The Bertz CT molecular complexity index is 1130. The van der Waals surface area contributed by atoms with Gasteiger partial charge in [-0.05, 0) is 75.9 Å². The second kappa shape index (κ2) is 12.5. The van der Waals surface area contributed by atoms with Crippen molar-refractivity contribution in [2.24, 2.45) is 0 Å². The van der Waals surface area contributed by atoms with Gasteiger partial charge in [0.25, 0.3) is 0 Å². The average Bonchev–Trinajstić information content (AvgIpc) is 2.76. The van der Waals surface area contributed by atoms with Crippen LogP contribution >= 0.6 is 15.9 Å². The molecule has 0 fully saturated rings. The summed E-state index contributed by atoms with van der Waals surface area (Å²) in [7, 11) is -3.53. The lowest BCUT2D eigenvalue weighted by Gasteiger charge is -2.30. The van der Waals surface area contributed by atoms with Gasteiger partial charge in [0.05, 0.1) is 11.9 Å². The number of amides is 2. The van der Waals surface area contributed by atoms with Crippen molar-refractivity contribution in [3.8, 4) is 0 Å². The Labute approximate surface area is 218 Å². The van der Waals surface area contributed by atoms with E-state index in [1.54, 1.807) is 11.8 Å². The van der Waals surface area contributed by atoms with Crippen LogP contribution in [0.2, 0.25) is 0 Å². The summed E-state index contributed by atoms with van der Waals surface area (Å²) in [5.74, 6) is -0.424. The summed E-state index contributed by atoms with van der Waals surface area (Å²) >= 11 is 3.41. The number of rotatable bonds is 11. The molecule has 2 aromatic rings. The van der Waals surface area contributed by atoms with Crippen LogP contribution in [0.4, 0.5) is 5.69 Å². The lowest BCUT2D eigenvalue weighted by molar-refractivity contribution is -0.140. The van der Waals surface area contributed by atoms with Crippen molar-refractivity contribution in [1.29, 1.82) is 0 Å². The van der Waals surface area contributed by atoms with E-state index < -0.39 is 16.1 Å². The minimum Gasteiger partial charge on any atom is -0.352 e. The molecule has 0 spiro atoms. The zero-order valence-corrected chi connectivity index (χ0v) is 23.7. The molecule has 7 nitrogen and oxygen atoms in total. The summed E-state index contributed by atoms with van der Waals surface area (Å²) in [6, 6.07) is 12.6. The van der Waals surface area contributed by atoms with E-state index in [1.807, 2.05) is 70.2 Å². The molecular formula is C26H36BrN3O4S. The number of anilines is 1. The first kappa shape index (κ1) is 28.8. The number of nitrogens with zero attached hydrogens (tertiary/aromatic N) is 2. The van der Waals surface area contributed by atoms with E-state index in [0.29, 0.717) is 12.1 Å². The van der Waals surface area contributed by atoms with Gasteiger partial charge in [0, 0.05) is 30.0 Å². The highest BCUT2D eigenvalue weighted by atomic mass is 79.9. The summed E-state index contributed by atoms with van der Waals surface area (Å²) in [5, 5.41) is 2.87. The zero-order chi connectivity index (χ0) is 26.3. The fourth-order valence-corrected chi connectivity index (χ4v) is 5.02. The van der Waals surface area contributed by atoms with Crippen LogP contribution in [0, 0.1) is 13.8 Å². The summed E-state index contributed by atoms with van der Waals surface area (Å²) in [6.45, 7) is 9.70. The molecule has 1 N–H and O–H groups in total.